The van der Waals surface area contributed by atoms with Gasteiger partial charge < -0.3 is 15.5 Å². The van der Waals surface area contributed by atoms with Crippen molar-refractivity contribution in [1.82, 2.24) is 5.32 Å². The normalized spacial score (nSPS) is 47.3. The van der Waals surface area contributed by atoms with E-state index < -0.39 is 15.9 Å². The third-order valence-corrected chi connectivity index (χ3v) is 11.6. The number of amides is 1. The number of rotatable bonds is 6. The van der Waals surface area contributed by atoms with Crippen molar-refractivity contribution in [3.8, 4) is 0 Å². The van der Waals surface area contributed by atoms with E-state index in [4.69, 9.17) is 4.55 Å². The Morgan fingerprint density at radius 1 is 1.12 bits per heavy atom. The first-order valence-corrected chi connectivity index (χ1v) is 15.1. The van der Waals surface area contributed by atoms with Crippen LogP contribution in [0.3, 0.4) is 0 Å². The van der Waals surface area contributed by atoms with Crippen molar-refractivity contribution in [3.63, 3.8) is 0 Å². The quantitative estimate of drug-likeness (QED) is 0.416. The average molecular weight is 500 g/mol. The summed E-state index contributed by atoms with van der Waals surface area (Å²) in [4.78, 5) is 12.9. The van der Waals surface area contributed by atoms with E-state index in [0.29, 0.717) is 29.6 Å². The SMILES string of the molecule is CC[C@H]1[C@@H](O)[C@H]2[C@@H]3CC[C@@H]([C@H](C)C(=O)NCCS(=O)(=O)O)[C@H]3[C@H](C)C[C@@H]2[C@@]2(C)CC[C@@H](O)C[C@@H]12. The van der Waals surface area contributed by atoms with Crippen molar-refractivity contribution in [2.24, 2.45) is 58.7 Å². The molecule has 4 fully saturated rings. The summed E-state index contributed by atoms with van der Waals surface area (Å²) in [5.74, 6) is 1.91. The molecule has 0 aromatic rings. The molecule has 0 spiro atoms. The number of hydrogen-bond acceptors (Lipinski definition) is 5. The molecule has 0 saturated heterocycles. The van der Waals surface area contributed by atoms with Crippen molar-refractivity contribution < 1.29 is 28.0 Å². The van der Waals surface area contributed by atoms with Gasteiger partial charge in [-0.1, -0.05) is 34.1 Å². The molecule has 0 radical (unpaired) electrons. The number of nitrogens with one attached hydrogen (secondary N) is 1. The molecule has 4 aliphatic carbocycles. The fourth-order valence-corrected chi connectivity index (χ4v) is 9.71. The van der Waals surface area contributed by atoms with Crippen LogP contribution < -0.4 is 5.32 Å². The summed E-state index contributed by atoms with van der Waals surface area (Å²) in [6.45, 7) is 8.80. The molecule has 0 heterocycles. The Balaban J connectivity index is 1.54. The van der Waals surface area contributed by atoms with Crippen molar-refractivity contribution in [1.29, 1.82) is 0 Å². The van der Waals surface area contributed by atoms with Gasteiger partial charge in [-0.3, -0.25) is 9.35 Å². The van der Waals surface area contributed by atoms with Crippen LogP contribution in [-0.2, 0) is 14.9 Å². The molecule has 0 bridgehead atoms. The molecule has 12 atom stereocenters. The highest BCUT2D eigenvalue weighted by Crippen LogP contribution is 2.67. The fraction of sp³-hybridized carbons (Fsp3) is 0.962. The minimum atomic E-state index is -4.10. The van der Waals surface area contributed by atoms with E-state index in [1.807, 2.05) is 6.92 Å². The van der Waals surface area contributed by atoms with Gasteiger partial charge in [-0.2, -0.15) is 8.42 Å². The molecule has 196 valence electrons. The van der Waals surface area contributed by atoms with Crippen LogP contribution in [0.2, 0.25) is 0 Å². The van der Waals surface area contributed by atoms with Crippen LogP contribution in [0.4, 0.5) is 0 Å². The van der Waals surface area contributed by atoms with Gasteiger partial charge in [0, 0.05) is 12.5 Å². The topological polar surface area (TPSA) is 124 Å². The Hall–Kier alpha value is -0.700. The lowest BCUT2D eigenvalue weighted by atomic mass is 9.42. The monoisotopic (exact) mass is 499 g/mol. The molecule has 0 aliphatic heterocycles. The van der Waals surface area contributed by atoms with E-state index in [1.54, 1.807) is 0 Å². The van der Waals surface area contributed by atoms with Crippen LogP contribution in [0.15, 0.2) is 0 Å². The van der Waals surface area contributed by atoms with Gasteiger partial charge in [-0.25, -0.2) is 0 Å². The minimum Gasteiger partial charge on any atom is -0.393 e. The molecule has 1 amide bonds. The van der Waals surface area contributed by atoms with Crippen molar-refractivity contribution in [2.45, 2.75) is 84.8 Å². The average Bonchev–Trinajstić information content (AvgIpc) is 3.20. The number of aliphatic hydroxyl groups is 2. The number of carbonyl (C=O) groups is 1. The molecule has 0 aromatic carbocycles. The zero-order valence-corrected chi connectivity index (χ0v) is 22.0. The van der Waals surface area contributed by atoms with Gasteiger partial charge in [-0.15, -0.1) is 0 Å². The summed E-state index contributed by atoms with van der Waals surface area (Å²) in [6, 6.07) is 0. The number of carbonyl (C=O) groups excluding carboxylic acids is 1. The van der Waals surface area contributed by atoms with E-state index in [1.165, 1.54) is 0 Å². The van der Waals surface area contributed by atoms with Crippen molar-refractivity contribution in [2.75, 3.05) is 12.3 Å². The third-order valence-electron chi connectivity index (χ3n) is 10.8. The van der Waals surface area contributed by atoms with E-state index >= 15 is 0 Å². The number of fused-ring (bicyclic) bond motifs is 5. The molecule has 34 heavy (non-hydrogen) atoms. The lowest BCUT2D eigenvalue weighted by Gasteiger charge is -2.64. The second kappa shape index (κ2) is 9.64. The van der Waals surface area contributed by atoms with Gasteiger partial charge in [-0.05, 0) is 91.3 Å². The second-order valence-electron chi connectivity index (χ2n) is 12.3. The highest BCUT2D eigenvalue weighted by molar-refractivity contribution is 7.85. The maximum Gasteiger partial charge on any atom is 0.266 e. The molecule has 4 aliphatic rings. The van der Waals surface area contributed by atoms with E-state index in [-0.39, 0.29) is 53.7 Å². The predicted octanol–water partition coefficient (Wildman–Crippen LogP) is 3.11. The van der Waals surface area contributed by atoms with Gasteiger partial charge in [0.1, 0.15) is 0 Å². The standard InChI is InChI=1S/C26H45NO6S/c1-5-17-20-13-16(28)8-9-26(20,4)21-12-14(2)22-18(6-7-19(22)23(21)24(17)29)15(3)25(30)27-10-11-34(31,32)33/h14-24,28-29H,5-13H2,1-4H3,(H,27,30)(H,31,32,33)/t14-,15+,16-,17-,18+,19-,20+,21+,22-,23+,24-,26+/m1/s1. The molecular formula is C26H45NO6S. The zero-order valence-electron chi connectivity index (χ0n) is 21.2. The lowest BCUT2D eigenvalue weighted by molar-refractivity contribution is -0.199. The second-order valence-corrected chi connectivity index (χ2v) is 13.9. The van der Waals surface area contributed by atoms with E-state index in [0.717, 1.165) is 44.9 Å². The molecule has 0 unspecified atom stereocenters. The Kier molecular flexibility index (Phi) is 7.47. The summed E-state index contributed by atoms with van der Waals surface area (Å²) in [5, 5.41) is 24.9. The Morgan fingerprint density at radius 3 is 2.47 bits per heavy atom. The molecular weight excluding hydrogens is 454 g/mol. The third kappa shape index (κ3) is 4.57. The molecule has 0 aromatic heterocycles. The van der Waals surface area contributed by atoms with Crippen LogP contribution in [0, 0.1) is 58.7 Å². The summed E-state index contributed by atoms with van der Waals surface area (Å²) in [6.07, 6.45) is 6.07. The summed E-state index contributed by atoms with van der Waals surface area (Å²) >= 11 is 0. The predicted molar refractivity (Wildman–Crippen MR) is 130 cm³/mol. The Bertz CT molecular complexity index is 863. The van der Waals surface area contributed by atoms with Gasteiger partial charge in [0.25, 0.3) is 10.1 Å². The van der Waals surface area contributed by atoms with Gasteiger partial charge in [0.2, 0.25) is 5.91 Å². The minimum absolute atomic E-state index is 0.0778. The van der Waals surface area contributed by atoms with Crippen LogP contribution in [0.5, 0.6) is 0 Å². The highest BCUT2D eigenvalue weighted by Gasteiger charge is 2.63. The first kappa shape index (κ1) is 26.4. The Labute approximate surface area is 205 Å². The largest absolute Gasteiger partial charge is 0.393 e. The maximum absolute atomic E-state index is 12.9. The number of hydrogen-bond donors (Lipinski definition) is 4. The number of aliphatic hydroxyl groups excluding tert-OH is 2. The lowest BCUT2D eigenvalue weighted by Crippen LogP contribution is -2.61. The van der Waals surface area contributed by atoms with Gasteiger partial charge >= 0.3 is 0 Å². The smallest absolute Gasteiger partial charge is 0.266 e. The fourth-order valence-electron chi connectivity index (χ4n) is 9.35. The van der Waals surface area contributed by atoms with Crippen molar-refractivity contribution >= 4 is 16.0 Å². The van der Waals surface area contributed by atoms with Gasteiger partial charge in [0.15, 0.2) is 0 Å². The Morgan fingerprint density at radius 2 is 1.82 bits per heavy atom. The zero-order chi connectivity index (χ0) is 25.0. The van der Waals surface area contributed by atoms with Crippen LogP contribution >= 0.6 is 0 Å². The van der Waals surface area contributed by atoms with Crippen LogP contribution in [0.1, 0.15) is 72.6 Å². The molecule has 4 saturated carbocycles. The summed E-state index contributed by atoms with van der Waals surface area (Å²) in [7, 11) is -4.10. The van der Waals surface area contributed by atoms with Crippen LogP contribution in [-0.4, -0.2) is 53.6 Å². The first-order valence-electron chi connectivity index (χ1n) is 13.5. The van der Waals surface area contributed by atoms with E-state index in [9.17, 15) is 23.4 Å². The highest BCUT2D eigenvalue weighted by atomic mass is 32.2. The van der Waals surface area contributed by atoms with Crippen LogP contribution in [0.25, 0.3) is 0 Å². The van der Waals surface area contributed by atoms with Crippen molar-refractivity contribution in [3.05, 3.63) is 0 Å². The molecule has 4 N–H and O–H groups in total. The van der Waals surface area contributed by atoms with E-state index in [2.05, 4.69) is 26.1 Å². The molecule has 8 heteroatoms. The summed E-state index contributed by atoms with van der Waals surface area (Å²) < 4.78 is 30.9. The van der Waals surface area contributed by atoms with Gasteiger partial charge in [0.05, 0.1) is 18.0 Å². The summed E-state index contributed by atoms with van der Waals surface area (Å²) in [5.41, 5.74) is 0.153. The first-order chi connectivity index (χ1) is 15.9. The maximum atomic E-state index is 12.9. The molecule has 7 nitrogen and oxygen atoms in total. The molecule has 4 rings (SSSR count).